The van der Waals surface area contributed by atoms with Gasteiger partial charge < -0.3 is 14.6 Å². The van der Waals surface area contributed by atoms with Crippen LogP contribution in [0.15, 0.2) is 79.1 Å². The number of fused-ring (bicyclic) bond motifs is 1. The fourth-order valence-electron chi connectivity index (χ4n) is 4.14. The van der Waals surface area contributed by atoms with Crippen molar-refractivity contribution in [3.63, 3.8) is 0 Å². The van der Waals surface area contributed by atoms with Crippen molar-refractivity contribution >= 4 is 16.8 Å². The molecule has 0 saturated heterocycles. The van der Waals surface area contributed by atoms with E-state index < -0.39 is 6.10 Å². The van der Waals surface area contributed by atoms with Crippen molar-refractivity contribution in [2.45, 2.75) is 26.5 Å². The van der Waals surface area contributed by atoms with Crippen LogP contribution in [0, 0.1) is 0 Å². The van der Waals surface area contributed by atoms with Gasteiger partial charge in [0.05, 0.1) is 11.3 Å². The Balaban J connectivity index is 1.99. The molecule has 5 heteroatoms. The van der Waals surface area contributed by atoms with Gasteiger partial charge in [-0.1, -0.05) is 48.5 Å². The standard InChI is InChI=1S/C26H27N3O2/c1-3-28(4-2)26(31)23-21-12-8-9-13-22(21)29(18-19-10-6-5-7-11-19)24(23)25(30)20-14-16-27-17-15-20/h5-17,25,30H,3-4,18H2,1-2H3. The van der Waals surface area contributed by atoms with Crippen molar-refractivity contribution in [3.05, 3.63) is 102 Å². The van der Waals surface area contributed by atoms with Crippen LogP contribution < -0.4 is 0 Å². The molecule has 0 aliphatic heterocycles. The molecule has 1 amide bonds. The largest absolute Gasteiger partial charge is 0.382 e. The monoisotopic (exact) mass is 413 g/mol. The van der Waals surface area contributed by atoms with Gasteiger partial charge in [0.15, 0.2) is 0 Å². The molecule has 0 fully saturated rings. The molecule has 31 heavy (non-hydrogen) atoms. The zero-order chi connectivity index (χ0) is 21.8. The smallest absolute Gasteiger partial charge is 0.256 e. The minimum atomic E-state index is -0.950. The van der Waals surface area contributed by atoms with E-state index in [9.17, 15) is 9.90 Å². The van der Waals surface area contributed by atoms with Crippen LogP contribution in [0.3, 0.4) is 0 Å². The third kappa shape index (κ3) is 3.97. The molecule has 4 aromatic rings. The van der Waals surface area contributed by atoms with E-state index in [0.717, 1.165) is 16.5 Å². The molecule has 4 rings (SSSR count). The maximum Gasteiger partial charge on any atom is 0.256 e. The van der Waals surface area contributed by atoms with Gasteiger partial charge in [0.25, 0.3) is 5.91 Å². The van der Waals surface area contributed by atoms with Gasteiger partial charge in [-0.15, -0.1) is 0 Å². The number of hydrogen-bond acceptors (Lipinski definition) is 3. The Labute approximate surface area is 182 Å². The Morgan fingerprint density at radius 3 is 2.29 bits per heavy atom. The second-order valence-electron chi connectivity index (χ2n) is 7.51. The number of benzene rings is 2. The topological polar surface area (TPSA) is 58.4 Å². The Bertz CT molecular complexity index is 1170. The minimum Gasteiger partial charge on any atom is -0.382 e. The lowest BCUT2D eigenvalue weighted by Crippen LogP contribution is -2.31. The van der Waals surface area contributed by atoms with E-state index in [0.29, 0.717) is 36.5 Å². The first-order valence-corrected chi connectivity index (χ1v) is 10.7. The van der Waals surface area contributed by atoms with E-state index in [-0.39, 0.29) is 5.91 Å². The van der Waals surface area contributed by atoms with Crippen LogP contribution in [0.2, 0.25) is 0 Å². The third-order valence-corrected chi connectivity index (χ3v) is 5.74. The number of aliphatic hydroxyl groups excluding tert-OH is 1. The molecule has 2 aromatic heterocycles. The number of carbonyl (C=O) groups is 1. The first-order valence-electron chi connectivity index (χ1n) is 10.7. The number of para-hydroxylation sites is 1. The predicted octanol–water partition coefficient (Wildman–Crippen LogP) is 4.65. The highest BCUT2D eigenvalue weighted by Gasteiger charge is 2.29. The normalized spacial score (nSPS) is 12.1. The summed E-state index contributed by atoms with van der Waals surface area (Å²) >= 11 is 0. The summed E-state index contributed by atoms with van der Waals surface area (Å²) in [6.07, 6.45) is 2.37. The third-order valence-electron chi connectivity index (χ3n) is 5.74. The quantitative estimate of drug-likeness (QED) is 0.480. The second-order valence-corrected chi connectivity index (χ2v) is 7.51. The van der Waals surface area contributed by atoms with Gasteiger partial charge in [0, 0.05) is 42.9 Å². The molecule has 2 heterocycles. The molecule has 0 spiro atoms. The van der Waals surface area contributed by atoms with Crippen LogP contribution in [0.4, 0.5) is 0 Å². The molecule has 0 radical (unpaired) electrons. The SMILES string of the molecule is CCN(CC)C(=O)c1c(C(O)c2ccncc2)n(Cc2ccccc2)c2ccccc12. The van der Waals surface area contributed by atoms with E-state index in [4.69, 9.17) is 0 Å². The lowest BCUT2D eigenvalue weighted by Gasteiger charge is -2.22. The molecule has 1 unspecified atom stereocenters. The number of aliphatic hydroxyl groups is 1. The highest BCUT2D eigenvalue weighted by molar-refractivity contribution is 6.08. The second kappa shape index (κ2) is 9.14. The highest BCUT2D eigenvalue weighted by atomic mass is 16.3. The summed E-state index contributed by atoms with van der Waals surface area (Å²) in [5, 5.41) is 12.3. The van der Waals surface area contributed by atoms with Gasteiger partial charge in [0.1, 0.15) is 6.10 Å². The number of aromatic nitrogens is 2. The van der Waals surface area contributed by atoms with E-state index >= 15 is 0 Å². The first kappa shape index (κ1) is 20.8. The van der Waals surface area contributed by atoms with Crippen molar-refractivity contribution in [2.75, 3.05) is 13.1 Å². The molecule has 0 bridgehead atoms. The Morgan fingerprint density at radius 2 is 1.61 bits per heavy atom. The molecule has 158 valence electrons. The average Bonchev–Trinajstić information content (AvgIpc) is 3.14. The molecule has 2 aromatic carbocycles. The zero-order valence-electron chi connectivity index (χ0n) is 17.9. The van der Waals surface area contributed by atoms with Crippen molar-refractivity contribution in [1.82, 2.24) is 14.5 Å². The summed E-state index contributed by atoms with van der Waals surface area (Å²) in [7, 11) is 0. The van der Waals surface area contributed by atoms with Crippen LogP contribution in [0.1, 0.15) is 47.1 Å². The van der Waals surface area contributed by atoms with Gasteiger partial charge in [-0.2, -0.15) is 0 Å². The summed E-state index contributed by atoms with van der Waals surface area (Å²) in [5.41, 5.74) is 3.94. The van der Waals surface area contributed by atoms with E-state index in [1.54, 1.807) is 29.4 Å². The summed E-state index contributed by atoms with van der Waals surface area (Å²) in [4.78, 5) is 19.5. The zero-order valence-corrected chi connectivity index (χ0v) is 17.9. The van der Waals surface area contributed by atoms with Crippen LogP contribution in [-0.4, -0.2) is 38.6 Å². The van der Waals surface area contributed by atoms with E-state index in [2.05, 4.69) is 21.7 Å². The van der Waals surface area contributed by atoms with Gasteiger partial charge in [-0.05, 0) is 43.2 Å². The van der Waals surface area contributed by atoms with Crippen molar-refractivity contribution < 1.29 is 9.90 Å². The molecular weight excluding hydrogens is 386 g/mol. The van der Waals surface area contributed by atoms with Crippen LogP contribution >= 0.6 is 0 Å². The number of amides is 1. The Morgan fingerprint density at radius 1 is 0.968 bits per heavy atom. The fraction of sp³-hybridized carbons (Fsp3) is 0.231. The van der Waals surface area contributed by atoms with E-state index in [1.165, 1.54) is 0 Å². The van der Waals surface area contributed by atoms with Crippen LogP contribution in [0.25, 0.3) is 10.9 Å². The molecule has 0 saturated carbocycles. The van der Waals surface area contributed by atoms with Crippen molar-refractivity contribution in [2.24, 2.45) is 0 Å². The lowest BCUT2D eigenvalue weighted by atomic mass is 10.0. The number of carbonyl (C=O) groups excluding carboxylic acids is 1. The number of pyridine rings is 1. The van der Waals surface area contributed by atoms with Gasteiger partial charge in [-0.3, -0.25) is 9.78 Å². The predicted molar refractivity (Wildman–Crippen MR) is 123 cm³/mol. The Hall–Kier alpha value is -3.44. The summed E-state index contributed by atoms with van der Waals surface area (Å²) < 4.78 is 2.08. The summed E-state index contributed by atoms with van der Waals surface area (Å²) in [5.74, 6) is -0.0592. The van der Waals surface area contributed by atoms with Gasteiger partial charge in [0.2, 0.25) is 0 Å². The van der Waals surface area contributed by atoms with Crippen molar-refractivity contribution in [1.29, 1.82) is 0 Å². The van der Waals surface area contributed by atoms with E-state index in [1.807, 2.05) is 56.3 Å². The molecule has 5 nitrogen and oxygen atoms in total. The highest BCUT2D eigenvalue weighted by Crippen LogP contribution is 2.35. The van der Waals surface area contributed by atoms with Crippen LogP contribution in [-0.2, 0) is 6.54 Å². The maximum atomic E-state index is 13.6. The number of hydrogen-bond donors (Lipinski definition) is 1. The summed E-state index contributed by atoms with van der Waals surface area (Å²) in [6, 6.07) is 21.6. The molecule has 0 aliphatic rings. The number of rotatable bonds is 7. The average molecular weight is 414 g/mol. The lowest BCUT2D eigenvalue weighted by molar-refractivity contribution is 0.0768. The van der Waals surface area contributed by atoms with Crippen LogP contribution in [0.5, 0.6) is 0 Å². The summed E-state index contributed by atoms with van der Waals surface area (Å²) in [6.45, 7) is 5.73. The fourth-order valence-corrected chi connectivity index (χ4v) is 4.14. The molecule has 1 atom stereocenters. The van der Waals surface area contributed by atoms with Gasteiger partial charge >= 0.3 is 0 Å². The minimum absolute atomic E-state index is 0.0592. The van der Waals surface area contributed by atoms with Gasteiger partial charge in [-0.25, -0.2) is 0 Å². The number of nitrogens with zero attached hydrogens (tertiary/aromatic N) is 3. The maximum absolute atomic E-state index is 13.6. The Kier molecular flexibility index (Phi) is 6.14. The molecular formula is C26H27N3O2. The van der Waals surface area contributed by atoms with Crippen molar-refractivity contribution in [3.8, 4) is 0 Å². The molecule has 1 N–H and O–H groups in total. The first-order chi connectivity index (χ1) is 15.2. The molecule has 0 aliphatic carbocycles.